The first-order valence-corrected chi connectivity index (χ1v) is 5.75. The zero-order valence-electron chi connectivity index (χ0n) is 10.6. The van der Waals surface area contributed by atoms with E-state index in [-0.39, 0.29) is 0 Å². The molecule has 1 aromatic carbocycles. The highest BCUT2D eigenvalue weighted by atomic mass is 16.5. The molecule has 4 heteroatoms. The molecule has 1 heterocycles. The van der Waals surface area contributed by atoms with E-state index in [1.54, 1.807) is 13.3 Å². The van der Waals surface area contributed by atoms with E-state index in [1.807, 2.05) is 43.4 Å². The molecule has 2 aromatic rings. The van der Waals surface area contributed by atoms with Crippen LogP contribution in [0.15, 0.2) is 42.6 Å². The molecule has 0 atom stereocenters. The highest BCUT2D eigenvalue weighted by Gasteiger charge is 2.06. The van der Waals surface area contributed by atoms with Crippen molar-refractivity contribution in [1.29, 1.82) is 0 Å². The maximum atomic E-state index is 5.85. The van der Waals surface area contributed by atoms with Crippen molar-refractivity contribution in [3.05, 3.63) is 48.2 Å². The van der Waals surface area contributed by atoms with E-state index in [1.165, 1.54) is 5.56 Å². The van der Waals surface area contributed by atoms with Crippen LogP contribution in [-0.2, 0) is 6.54 Å². The first kappa shape index (κ1) is 12.2. The van der Waals surface area contributed by atoms with Gasteiger partial charge in [0, 0.05) is 19.8 Å². The van der Waals surface area contributed by atoms with Crippen molar-refractivity contribution in [2.24, 2.45) is 0 Å². The van der Waals surface area contributed by atoms with E-state index >= 15 is 0 Å². The molecule has 0 radical (unpaired) electrons. The van der Waals surface area contributed by atoms with Crippen molar-refractivity contribution >= 4 is 11.5 Å². The van der Waals surface area contributed by atoms with Crippen LogP contribution in [0.3, 0.4) is 0 Å². The predicted molar refractivity (Wildman–Crippen MR) is 73.8 cm³/mol. The number of methoxy groups -OCH3 is 1. The van der Waals surface area contributed by atoms with E-state index in [0.29, 0.717) is 5.82 Å². The zero-order chi connectivity index (χ0) is 13.0. The lowest BCUT2D eigenvalue weighted by Gasteiger charge is -2.20. The molecule has 94 valence electrons. The van der Waals surface area contributed by atoms with Crippen molar-refractivity contribution in [2.45, 2.75) is 6.54 Å². The molecule has 0 aliphatic carbocycles. The van der Waals surface area contributed by atoms with Crippen LogP contribution >= 0.6 is 0 Å². The Kier molecular flexibility index (Phi) is 3.67. The van der Waals surface area contributed by atoms with Crippen molar-refractivity contribution in [2.75, 3.05) is 24.8 Å². The van der Waals surface area contributed by atoms with E-state index in [2.05, 4.69) is 9.88 Å². The highest BCUT2D eigenvalue weighted by Crippen LogP contribution is 2.21. The number of hydrogen-bond acceptors (Lipinski definition) is 4. The topological polar surface area (TPSA) is 51.4 Å². The van der Waals surface area contributed by atoms with Gasteiger partial charge in [0.25, 0.3) is 0 Å². The van der Waals surface area contributed by atoms with Gasteiger partial charge in [0.2, 0.25) is 0 Å². The lowest BCUT2D eigenvalue weighted by atomic mass is 10.2. The first-order chi connectivity index (χ1) is 8.70. The normalized spacial score (nSPS) is 10.1. The third-order valence-corrected chi connectivity index (χ3v) is 2.81. The van der Waals surface area contributed by atoms with Crippen LogP contribution < -0.4 is 15.4 Å². The Balaban J connectivity index is 2.11. The summed E-state index contributed by atoms with van der Waals surface area (Å²) < 4.78 is 5.13. The summed E-state index contributed by atoms with van der Waals surface area (Å²) in [6, 6.07) is 11.8. The van der Waals surface area contributed by atoms with Gasteiger partial charge in [-0.15, -0.1) is 0 Å². The summed E-state index contributed by atoms with van der Waals surface area (Å²) >= 11 is 0. The van der Waals surface area contributed by atoms with Crippen LogP contribution in [0.5, 0.6) is 5.75 Å². The number of hydrogen-bond donors (Lipinski definition) is 1. The minimum Gasteiger partial charge on any atom is -0.497 e. The number of rotatable bonds is 4. The quantitative estimate of drug-likeness (QED) is 0.895. The smallest absolute Gasteiger partial charge is 0.146 e. The van der Waals surface area contributed by atoms with Gasteiger partial charge >= 0.3 is 0 Å². The summed E-state index contributed by atoms with van der Waals surface area (Å²) in [6.07, 6.45) is 1.69. The number of nitrogens with two attached hydrogens (primary N) is 1. The second-order valence-corrected chi connectivity index (χ2v) is 4.11. The molecular weight excluding hydrogens is 226 g/mol. The van der Waals surface area contributed by atoms with Crippen LogP contribution in [0.4, 0.5) is 11.5 Å². The van der Waals surface area contributed by atoms with Gasteiger partial charge in [-0.1, -0.05) is 12.1 Å². The number of anilines is 2. The average Bonchev–Trinajstić information content (AvgIpc) is 2.40. The summed E-state index contributed by atoms with van der Waals surface area (Å²) in [6.45, 7) is 0.778. The average molecular weight is 243 g/mol. The van der Waals surface area contributed by atoms with Gasteiger partial charge in [-0.3, -0.25) is 0 Å². The molecule has 0 unspecified atom stereocenters. The van der Waals surface area contributed by atoms with Gasteiger partial charge in [0.05, 0.1) is 12.8 Å². The summed E-state index contributed by atoms with van der Waals surface area (Å²) in [7, 11) is 3.66. The van der Waals surface area contributed by atoms with Crippen LogP contribution in [0.2, 0.25) is 0 Å². The number of ether oxygens (including phenoxy) is 1. The molecular formula is C14H17N3O. The number of benzene rings is 1. The van der Waals surface area contributed by atoms with E-state index in [4.69, 9.17) is 10.5 Å². The number of pyridine rings is 1. The number of nitrogen functional groups attached to an aromatic ring is 1. The molecule has 0 saturated heterocycles. The molecule has 1 aromatic heterocycles. The molecule has 2 rings (SSSR count). The zero-order valence-corrected chi connectivity index (χ0v) is 10.6. The van der Waals surface area contributed by atoms with Crippen molar-refractivity contribution < 1.29 is 4.74 Å². The lowest BCUT2D eigenvalue weighted by molar-refractivity contribution is 0.414. The molecule has 0 aliphatic rings. The van der Waals surface area contributed by atoms with E-state index in [0.717, 1.165) is 18.0 Å². The minimum atomic E-state index is 0.550. The summed E-state index contributed by atoms with van der Waals surface area (Å²) in [5.74, 6) is 1.41. The fraction of sp³-hybridized carbons (Fsp3) is 0.214. The van der Waals surface area contributed by atoms with Gasteiger partial charge in [-0.2, -0.15) is 0 Å². The van der Waals surface area contributed by atoms with E-state index in [9.17, 15) is 0 Å². The molecule has 0 spiro atoms. The minimum absolute atomic E-state index is 0.550. The molecule has 2 N–H and O–H groups in total. The summed E-state index contributed by atoms with van der Waals surface area (Å²) in [4.78, 5) is 6.16. The van der Waals surface area contributed by atoms with Crippen LogP contribution in [0.25, 0.3) is 0 Å². The fourth-order valence-electron chi connectivity index (χ4n) is 1.82. The van der Waals surface area contributed by atoms with Crippen LogP contribution in [0, 0.1) is 0 Å². The summed E-state index contributed by atoms with van der Waals surface area (Å²) in [5, 5.41) is 0. The summed E-state index contributed by atoms with van der Waals surface area (Å²) in [5.41, 5.74) is 7.98. The van der Waals surface area contributed by atoms with Gasteiger partial charge < -0.3 is 15.4 Å². The Labute approximate surface area is 107 Å². The Bertz CT molecular complexity index is 511. The molecule has 0 bridgehead atoms. The molecule has 0 fully saturated rings. The highest BCUT2D eigenvalue weighted by molar-refractivity contribution is 5.62. The van der Waals surface area contributed by atoms with Crippen molar-refractivity contribution in [1.82, 2.24) is 4.98 Å². The molecule has 0 amide bonds. The Morgan fingerprint density at radius 2 is 1.94 bits per heavy atom. The predicted octanol–water partition coefficient (Wildman–Crippen LogP) is 2.31. The second kappa shape index (κ2) is 5.40. The van der Waals surface area contributed by atoms with Crippen molar-refractivity contribution in [3.8, 4) is 5.75 Å². The van der Waals surface area contributed by atoms with E-state index < -0.39 is 0 Å². The molecule has 0 aliphatic heterocycles. The molecule has 4 nitrogen and oxygen atoms in total. The third kappa shape index (κ3) is 2.71. The maximum absolute atomic E-state index is 5.85. The monoisotopic (exact) mass is 243 g/mol. The van der Waals surface area contributed by atoms with Crippen LogP contribution in [0.1, 0.15) is 5.56 Å². The second-order valence-electron chi connectivity index (χ2n) is 4.11. The number of aromatic nitrogens is 1. The standard InChI is InChI=1S/C14H17N3O/c1-17(13-4-3-9-16-14(13)15)10-11-5-7-12(18-2)8-6-11/h3-9H,10H2,1-2H3,(H2,15,16). The maximum Gasteiger partial charge on any atom is 0.146 e. The van der Waals surface area contributed by atoms with Gasteiger partial charge in [0.15, 0.2) is 0 Å². The SMILES string of the molecule is COc1ccc(CN(C)c2cccnc2N)cc1. The van der Waals surface area contributed by atoms with Crippen LogP contribution in [-0.4, -0.2) is 19.1 Å². The molecule has 0 saturated carbocycles. The largest absolute Gasteiger partial charge is 0.497 e. The fourth-order valence-corrected chi connectivity index (χ4v) is 1.82. The first-order valence-electron chi connectivity index (χ1n) is 5.75. The Hall–Kier alpha value is -2.23. The van der Waals surface area contributed by atoms with Gasteiger partial charge in [-0.25, -0.2) is 4.98 Å². The lowest BCUT2D eigenvalue weighted by Crippen LogP contribution is -2.18. The van der Waals surface area contributed by atoms with Crippen molar-refractivity contribution in [3.63, 3.8) is 0 Å². The molecule has 18 heavy (non-hydrogen) atoms. The number of nitrogens with zero attached hydrogens (tertiary/aromatic N) is 2. The Morgan fingerprint density at radius 3 is 2.56 bits per heavy atom. The third-order valence-electron chi connectivity index (χ3n) is 2.81. The van der Waals surface area contributed by atoms with Gasteiger partial charge in [0.1, 0.15) is 11.6 Å². The van der Waals surface area contributed by atoms with Gasteiger partial charge in [-0.05, 0) is 29.8 Å². The Morgan fingerprint density at radius 1 is 1.22 bits per heavy atom.